The first-order valence-corrected chi connectivity index (χ1v) is 8.10. The molecule has 118 valence electrons. The van der Waals surface area contributed by atoms with Crippen molar-refractivity contribution in [3.63, 3.8) is 0 Å². The fourth-order valence-electron chi connectivity index (χ4n) is 2.69. The number of halogens is 1. The van der Waals surface area contributed by atoms with Gasteiger partial charge in [-0.3, -0.25) is 4.79 Å². The van der Waals surface area contributed by atoms with E-state index >= 15 is 0 Å². The molecule has 2 heterocycles. The normalized spacial score (nSPS) is 17.4. The van der Waals surface area contributed by atoms with E-state index < -0.39 is 0 Å². The largest absolute Gasteiger partial charge is 0.382 e. The maximum absolute atomic E-state index is 12.1. The molecule has 1 N–H and O–H groups in total. The third-order valence-corrected chi connectivity index (χ3v) is 4.21. The molecule has 2 rings (SSSR count). The second-order valence-electron chi connectivity index (χ2n) is 6.21. The Labute approximate surface area is 131 Å². The lowest BCUT2D eigenvalue weighted by atomic mass is 10.1. The molecule has 1 atom stereocenters. The van der Waals surface area contributed by atoms with Gasteiger partial charge >= 0.3 is 0 Å². The fraction of sp³-hybridized carbons (Fsp3) is 0.733. The van der Waals surface area contributed by atoms with Gasteiger partial charge in [-0.05, 0) is 45.7 Å². The van der Waals surface area contributed by atoms with Crippen LogP contribution in [0.3, 0.4) is 0 Å². The van der Waals surface area contributed by atoms with Gasteiger partial charge in [-0.25, -0.2) is 4.68 Å². The van der Waals surface area contributed by atoms with Crippen LogP contribution in [0, 0.1) is 5.92 Å². The van der Waals surface area contributed by atoms with E-state index in [0.29, 0.717) is 11.6 Å². The maximum Gasteiger partial charge on any atom is 0.287 e. The lowest BCUT2D eigenvalue weighted by molar-refractivity contribution is 0.294. The van der Waals surface area contributed by atoms with E-state index in [2.05, 4.69) is 22.2 Å². The van der Waals surface area contributed by atoms with Crippen molar-refractivity contribution in [2.24, 2.45) is 5.92 Å². The Hall–Kier alpha value is -1.07. The smallest absolute Gasteiger partial charge is 0.287 e. The molecule has 5 nitrogen and oxygen atoms in total. The van der Waals surface area contributed by atoms with Gasteiger partial charge in [0.1, 0.15) is 5.02 Å². The van der Waals surface area contributed by atoms with E-state index in [9.17, 15) is 4.79 Å². The average molecular weight is 313 g/mol. The number of anilines is 1. The first-order valence-electron chi connectivity index (χ1n) is 7.72. The minimum absolute atomic E-state index is 0.0122. The molecule has 1 aromatic heterocycles. The summed E-state index contributed by atoms with van der Waals surface area (Å²) in [5, 5.41) is 7.65. The molecule has 1 aromatic rings. The lowest BCUT2D eigenvalue weighted by Gasteiger charge is -2.21. The van der Waals surface area contributed by atoms with Crippen molar-refractivity contribution in [3.8, 4) is 0 Å². The Bertz CT molecular complexity index is 523. The zero-order valence-electron chi connectivity index (χ0n) is 13.1. The number of nitrogens with one attached hydrogen (secondary N) is 1. The van der Waals surface area contributed by atoms with Gasteiger partial charge in [-0.1, -0.05) is 18.5 Å². The van der Waals surface area contributed by atoms with Crippen LogP contribution in [-0.4, -0.2) is 40.9 Å². The number of hydrogen-bond acceptors (Lipinski definition) is 4. The Morgan fingerprint density at radius 3 is 2.62 bits per heavy atom. The molecule has 1 unspecified atom stereocenters. The van der Waals surface area contributed by atoms with E-state index in [1.807, 2.05) is 13.8 Å². The van der Waals surface area contributed by atoms with Crippen LogP contribution in [0.15, 0.2) is 11.0 Å². The van der Waals surface area contributed by atoms with Crippen LogP contribution in [0.2, 0.25) is 5.02 Å². The van der Waals surface area contributed by atoms with Crippen molar-refractivity contribution in [3.05, 3.63) is 21.6 Å². The molecule has 1 aliphatic rings. The molecule has 1 fully saturated rings. The Morgan fingerprint density at radius 2 is 2.00 bits per heavy atom. The van der Waals surface area contributed by atoms with Crippen molar-refractivity contribution >= 4 is 17.3 Å². The molecule has 0 aromatic carbocycles. The summed E-state index contributed by atoms with van der Waals surface area (Å²) in [6.07, 6.45) is 4.26. The molecule has 1 saturated heterocycles. The molecule has 0 radical (unpaired) electrons. The second-order valence-corrected chi connectivity index (χ2v) is 6.59. The SMILES string of the molecule is CC(CNc1cnn(C(C)C)c(=O)c1Cl)CN1CCCC1. The van der Waals surface area contributed by atoms with Crippen molar-refractivity contribution in [2.45, 2.75) is 39.7 Å². The number of aromatic nitrogens is 2. The fourth-order valence-corrected chi connectivity index (χ4v) is 2.89. The molecule has 0 aliphatic carbocycles. The molecule has 1 aliphatic heterocycles. The molecule has 0 saturated carbocycles. The van der Waals surface area contributed by atoms with Gasteiger partial charge in [0, 0.05) is 13.1 Å². The van der Waals surface area contributed by atoms with Gasteiger partial charge in [-0.15, -0.1) is 0 Å². The van der Waals surface area contributed by atoms with Gasteiger partial charge in [0.15, 0.2) is 0 Å². The van der Waals surface area contributed by atoms with Gasteiger partial charge in [0.2, 0.25) is 0 Å². The Morgan fingerprint density at radius 1 is 1.33 bits per heavy atom. The number of hydrogen-bond donors (Lipinski definition) is 1. The van der Waals surface area contributed by atoms with Gasteiger partial charge in [0.25, 0.3) is 5.56 Å². The summed E-state index contributed by atoms with van der Waals surface area (Å²) in [4.78, 5) is 14.6. The molecular formula is C15H25ClN4O. The molecule has 0 spiro atoms. The molecule has 0 amide bonds. The van der Waals surface area contributed by atoms with Crippen LogP contribution in [0.25, 0.3) is 0 Å². The standard InChI is InChI=1S/C15H25ClN4O/c1-11(2)20-15(21)14(16)13(9-18-20)17-8-12(3)10-19-6-4-5-7-19/h9,11-12,17H,4-8,10H2,1-3H3. The first-order chi connectivity index (χ1) is 9.99. The van der Waals surface area contributed by atoms with Crippen LogP contribution < -0.4 is 10.9 Å². The van der Waals surface area contributed by atoms with Crippen LogP contribution in [0.4, 0.5) is 5.69 Å². The zero-order chi connectivity index (χ0) is 15.4. The molecular weight excluding hydrogens is 288 g/mol. The van der Waals surface area contributed by atoms with E-state index in [4.69, 9.17) is 11.6 Å². The monoisotopic (exact) mass is 312 g/mol. The second kappa shape index (κ2) is 7.27. The van der Waals surface area contributed by atoms with Crippen molar-refractivity contribution in [2.75, 3.05) is 31.5 Å². The molecule has 6 heteroatoms. The Kier molecular flexibility index (Phi) is 5.65. The van der Waals surface area contributed by atoms with E-state index in [-0.39, 0.29) is 16.6 Å². The van der Waals surface area contributed by atoms with Gasteiger partial charge in [0.05, 0.1) is 17.9 Å². The highest BCUT2D eigenvalue weighted by atomic mass is 35.5. The summed E-state index contributed by atoms with van der Waals surface area (Å²) < 4.78 is 1.40. The van der Waals surface area contributed by atoms with Crippen molar-refractivity contribution in [1.29, 1.82) is 0 Å². The highest BCUT2D eigenvalue weighted by molar-refractivity contribution is 6.32. The topological polar surface area (TPSA) is 50.2 Å². The molecule has 0 bridgehead atoms. The summed E-state index contributed by atoms with van der Waals surface area (Å²) in [6.45, 7) is 10.3. The highest BCUT2D eigenvalue weighted by Gasteiger charge is 2.16. The summed E-state index contributed by atoms with van der Waals surface area (Å²) in [6, 6.07) is 0.0122. The van der Waals surface area contributed by atoms with Crippen molar-refractivity contribution in [1.82, 2.24) is 14.7 Å². The lowest BCUT2D eigenvalue weighted by Crippen LogP contribution is -2.30. The minimum Gasteiger partial charge on any atom is -0.382 e. The predicted octanol–water partition coefficient (Wildman–Crippen LogP) is 2.62. The molecule has 21 heavy (non-hydrogen) atoms. The number of nitrogens with zero attached hydrogens (tertiary/aromatic N) is 3. The predicted molar refractivity (Wildman–Crippen MR) is 87.2 cm³/mol. The number of likely N-dealkylation sites (tertiary alicyclic amines) is 1. The first kappa shape index (κ1) is 16.3. The highest BCUT2D eigenvalue weighted by Crippen LogP contribution is 2.17. The Balaban J connectivity index is 1.93. The van der Waals surface area contributed by atoms with Gasteiger partial charge < -0.3 is 10.2 Å². The summed E-state index contributed by atoms with van der Waals surface area (Å²) in [7, 11) is 0. The van der Waals surface area contributed by atoms with Crippen LogP contribution in [-0.2, 0) is 0 Å². The summed E-state index contributed by atoms with van der Waals surface area (Å²) in [5.41, 5.74) is 0.399. The van der Waals surface area contributed by atoms with E-state index in [1.54, 1.807) is 6.20 Å². The third-order valence-electron chi connectivity index (χ3n) is 3.84. The maximum atomic E-state index is 12.1. The summed E-state index contributed by atoms with van der Waals surface area (Å²) >= 11 is 6.15. The summed E-state index contributed by atoms with van der Waals surface area (Å²) in [5.74, 6) is 0.506. The van der Waals surface area contributed by atoms with E-state index in [0.717, 1.165) is 13.1 Å². The van der Waals surface area contributed by atoms with Crippen LogP contribution in [0.5, 0.6) is 0 Å². The average Bonchev–Trinajstić information content (AvgIpc) is 2.93. The zero-order valence-corrected chi connectivity index (χ0v) is 13.9. The quantitative estimate of drug-likeness (QED) is 0.877. The third kappa shape index (κ3) is 4.20. The van der Waals surface area contributed by atoms with E-state index in [1.165, 1.54) is 30.6 Å². The van der Waals surface area contributed by atoms with Crippen LogP contribution in [0.1, 0.15) is 39.7 Å². The van der Waals surface area contributed by atoms with Gasteiger partial charge in [-0.2, -0.15) is 5.10 Å². The minimum atomic E-state index is -0.233. The van der Waals surface area contributed by atoms with Crippen LogP contribution >= 0.6 is 11.6 Å². The number of rotatable bonds is 6. The van der Waals surface area contributed by atoms with Crippen molar-refractivity contribution < 1.29 is 0 Å².